The standard InChI is InChI=1S/C24H27F3N4O4S2/c1-4-13-35-20-14-17(24(25,26)27)7-10-19(20)21(32)28-12-11-16-5-8-18(9-6-16)37(33,34)31-23-30-29-22(36-23)15(2)3/h5-10,14-15H,4,11-13H2,1-3H3,(H,28,32)(H,30,31). The number of hydrogen-bond donors (Lipinski definition) is 2. The molecule has 37 heavy (non-hydrogen) atoms. The summed E-state index contributed by atoms with van der Waals surface area (Å²) in [6.45, 7) is 6.02. The van der Waals surface area contributed by atoms with Gasteiger partial charge in [0.15, 0.2) is 0 Å². The van der Waals surface area contributed by atoms with Crippen molar-refractivity contribution in [2.45, 2.75) is 50.6 Å². The second-order valence-electron chi connectivity index (χ2n) is 8.41. The van der Waals surface area contributed by atoms with Crippen LogP contribution in [0.25, 0.3) is 0 Å². The van der Waals surface area contributed by atoms with Gasteiger partial charge in [0.05, 0.1) is 22.6 Å². The topological polar surface area (TPSA) is 110 Å². The SMILES string of the molecule is CCCOc1cc(C(F)(F)F)ccc1C(=O)NCCc1ccc(S(=O)(=O)Nc2nnc(C(C)C)s2)cc1. The molecule has 0 saturated heterocycles. The average molecular weight is 557 g/mol. The van der Waals surface area contributed by atoms with E-state index in [2.05, 4.69) is 20.2 Å². The molecule has 0 aliphatic heterocycles. The molecule has 2 aromatic carbocycles. The van der Waals surface area contributed by atoms with Crippen LogP contribution in [0.2, 0.25) is 0 Å². The van der Waals surface area contributed by atoms with Crippen molar-refractivity contribution in [2.24, 2.45) is 0 Å². The smallest absolute Gasteiger partial charge is 0.416 e. The van der Waals surface area contributed by atoms with E-state index in [0.29, 0.717) is 12.8 Å². The molecule has 0 radical (unpaired) electrons. The number of anilines is 1. The Hall–Kier alpha value is -3.19. The van der Waals surface area contributed by atoms with E-state index in [1.807, 2.05) is 13.8 Å². The van der Waals surface area contributed by atoms with Crippen LogP contribution >= 0.6 is 11.3 Å². The molecule has 0 saturated carbocycles. The summed E-state index contributed by atoms with van der Waals surface area (Å²) in [5.41, 5.74) is -0.135. The highest BCUT2D eigenvalue weighted by Gasteiger charge is 2.32. The third-order valence-electron chi connectivity index (χ3n) is 5.10. The third-order valence-corrected chi connectivity index (χ3v) is 7.73. The minimum absolute atomic E-state index is 0.00580. The summed E-state index contributed by atoms with van der Waals surface area (Å²) in [5.74, 6) is -0.571. The third kappa shape index (κ3) is 7.65. The number of benzene rings is 2. The van der Waals surface area contributed by atoms with E-state index >= 15 is 0 Å². The van der Waals surface area contributed by atoms with Crippen LogP contribution in [0.5, 0.6) is 5.75 Å². The lowest BCUT2D eigenvalue weighted by molar-refractivity contribution is -0.137. The zero-order valence-corrected chi connectivity index (χ0v) is 22.1. The van der Waals surface area contributed by atoms with Crippen LogP contribution in [-0.4, -0.2) is 37.7 Å². The van der Waals surface area contributed by atoms with Gasteiger partial charge in [0.1, 0.15) is 10.8 Å². The number of sulfonamides is 1. The van der Waals surface area contributed by atoms with Crippen molar-refractivity contribution in [3.8, 4) is 5.75 Å². The number of aromatic nitrogens is 2. The van der Waals surface area contributed by atoms with Crippen LogP contribution in [0.1, 0.15) is 59.6 Å². The van der Waals surface area contributed by atoms with Gasteiger partial charge in [-0.2, -0.15) is 13.2 Å². The van der Waals surface area contributed by atoms with Crippen LogP contribution in [0.15, 0.2) is 47.4 Å². The molecule has 1 aromatic heterocycles. The van der Waals surface area contributed by atoms with Gasteiger partial charge in [0, 0.05) is 12.5 Å². The van der Waals surface area contributed by atoms with E-state index in [0.717, 1.165) is 28.8 Å². The Morgan fingerprint density at radius 3 is 2.41 bits per heavy atom. The van der Waals surface area contributed by atoms with Crippen molar-refractivity contribution in [1.82, 2.24) is 15.5 Å². The van der Waals surface area contributed by atoms with Gasteiger partial charge in [0.25, 0.3) is 15.9 Å². The molecule has 13 heteroatoms. The first-order valence-corrected chi connectivity index (χ1v) is 13.8. The van der Waals surface area contributed by atoms with E-state index in [4.69, 9.17) is 4.74 Å². The number of halogens is 3. The lowest BCUT2D eigenvalue weighted by Gasteiger charge is -2.14. The lowest BCUT2D eigenvalue weighted by atomic mass is 10.1. The second-order valence-corrected chi connectivity index (χ2v) is 11.1. The molecule has 2 N–H and O–H groups in total. The molecule has 0 fully saturated rings. The molecule has 1 amide bonds. The van der Waals surface area contributed by atoms with Gasteiger partial charge in [0.2, 0.25) is 5.13 Å². The summed E-state index contributed by atoms with van der Waals surface area (Å²) < 4.78 is 72.2. The molecule has 0 atom stereocenters. The minimum atomic E-state index is -4.55. The molecule has 0 bridgehead atoms. The van der Waals surface area contributed by atoms with Gasteiger partial charge in [-0.3, -0.25) is 9.52 Å². The number of nitrogens with one attached hydrogen (secondary N) is 2. The molecular formula is C24H27F3N4O4S2. The van der Waals surface area contributed by atoms with Crippen molar-refractivity contribution in [1.29, 1.82) is 0 Å². The lowest BCUT2D eigenvalue weighted by Crippen LogP contribution is -2.26. The summed E-state index contributed by atoms with van der Waals surface area (Å²) in [7, 11) is -3.84. The van der Waals surface area contributed by atoms with Gasteiger partial charge in [-0.15, -0.1) is 10.2 Å². The summed E-state index contributed by atoms with van der Waals surface area (Å²) in [6.07, 6.45) is -3.61. The maximum atomic E-state index is 13.1. The van der Waals surface area contributed by atoms with E-state index in [1.54, 1.807) is 19.1 Å². The molecule has 200 valence electrons. The first-order chi connectivity index (χ1) is 17.4. The molecule has 0 aliphatic rings. The van der Waals surface area contributed by atoms with Crippen molar-refractivity contribution in [3.05, 3.63) is 64.2 Å². The highest BCUT2D eigenvalue weighted by atomic mass is 32.2. The molecule has 0 spiro atoms. The van der Waals surface area contributed by atoms with Crippen molar-refractivity contribution >= 4 is 32.4 Å². The number of rotatable bonds is 11. The summed E-state index contributed by atoms with van der Waals surface area (Å²) >= 11 is 1.17. The zero-order chi connectivity index (χ0) is 27.2. The van der Waals surface area contributed by atoms with Crippen molar-refractivity contribution in [2.75, 3.05) is 17.9 Å². The van der Waals surface area contributed by atoms with E-state index in [9.17, 15) is 26.4 Å². The predicted molar refractivity (Wildman–Crippen MR) is 135 cm³/mol. The number of hydrogen-bond acceptors (Lipinski definition) is 7. The summed E-state index contributed by atoms with van der Waals surface area (Å²) in [4.78, 5) is 12.7. The molecule has 0 unspecified atom stereocenters. The van der Waals surface area contributed by atoms with Crippen molar-refractivity contribution < 1.29 is 31.1 Å². The Labute approximate surface area is 217 Å². The first-order valence-electron chi connectivity index (χ1n) is 11.5. The monoisotopic (exact) mass is 556 g/mol. The maximum Gasteiger partial charge on any atom is 0.416 e. The predicted octanol–water partition coefficient (Wildman–Crippen LogP) is 5.24. The van der Waals surface area contributed by atoms with Gasteiger partial charge < -0.3 is 10.1 Å². The number of carbonyl (C=O) groups is 1. The maximum absolute atomic E-state index is 13.1. The summed E-state index contributed by atoms with van der Waals surface area (Å²) in [5, 5.41) is 11.4. The fourth-order valence-corrected chi connectivity index (χ4v) is 5.13. The average Bonchev–Trinajstić information content (AvgIpc) is 3.30. The van der Waals surface area contributed by atoms with Crippen LogP contribution in [0.4, 0.5) is 18.3 Å². The summed E-state index contributed by atoms with van der Waals surface area (Å²) in [6, 6.07) is 8.88. The van der Waals surface area contributed by atoms with Gasteiger partial charge >= 0.3 is 6.18 Å². The fraction of sp³-hybridized carbons (Fsp3) is 0.375. The Morgan fingerprint density at radius 2 is 1.81 bits per heavy atom. The van der Waals surface area contributed by atoms with Gasteiger partial charge in [-0.25, -0.2) is 8.42 Å². The molecular weight excluding hydrogens is 529 g/mol. The molecule has 3 rings (SSSR count). The molecule has 1 heterocycles. The number of nitrogens with zero attached hydrogens (tertiary/aromatic N) is 2. The van der Waals surface area contributed by atoms with E-state index in [1.165, 1.54) is 23.5 Å². The van der Waals surface area contributed by atoms with E-state index < -0.39 is 27.7 Å². The highest BCUT2D eigenvalue weighted by molar-refractivity contribution is 7.93. The minimum Gasteiger partial charge on any atom is -0.493 e. The van der Waals surface area contributed by atoms with Crippen LogP contribution in [-0.2, 0) is 22.6 Å². The quantitative estimate of drug-likeness (QED) is 0.334. The van der Waals surface area contributed by atoms with Crippen molar-refractivity contribution in [3.63, 3.8) is 0 Å². The van der Waals surface area contributed by atoms with Crippen LogP contribution in [0.3, 0.4) is 0 Å². The highest BCUT2D eigenvalue weighted by Crippen LogP contribution is 2.33. The van der Waals surface area contributed by atoms with Crippen LogP contribution < -0.4 is 14.8 Å². The zero-order valence-electron chi connectivity index (χ0n) is 20.4. The number of alkyl halides is 3. The fourth-order valence-electron chi connectivity index (χ4n) is 3.15. The normalized spacial score (nSPS) is 12.0. The van der Waals surface area contributed by atoms with E-state index in [-0.39, 0.29) is 40.4 Å². The Kier molecular flexibility index (Phi) is 9.13. The second kappa shape index (κ2) is 11.9. The number of amides is 1. The first kappa shape index (κ1) is 28.4. The molecule has 3 aromatic rings. The Balaban J connectivity index is 1.61. The largest absolute Gasteiger partial charge is 0.493 e. The molecule has 8 nitrogen and oxygen atoms in total. The van der Waals surface area contributed by atoms with Crippen LogP contribution in [0, 0.1) is 0 Å². The molecule has 0 aliphatic carbocycles. The Morgan fingerprint density at radius 1 is 1.11 bits per heavy atom. The van der Waals surface area contributed by atoms with Gasteiger partial charge in [-0.1, -0.05) is 44.2 Å². The number of carbonyl (C=O) groups excluding carboxylic acids is 1. The van der Waals surface area contributed by atoms with Gasteiger partial charge in [-0.05, 0) is 48.7 Å². The Bertz CT molecular complexity index is 1320. The number of ether oxygens (including phenoxy) is 1.